The molecule has 3 rings (SSSR count). The Morgan fingerprint density at radius 2 is 2.18 bits per heavy atom. The van der Waals surface area contributed by atoms with E-state index in [4.69, 9.17) is 0 Å². The Hall–Kier alpha value is -1.47. The highest BCUT2D eigenvalue weighted by molar-refractivity contribution is 7.89. The summed E-state index contributed by atoms with van der Waals surface area (Å²) < 4.78 is 26.0. The van der Waals surface area contributed by atoms with Gasteiger partial charge in [0.05, 0.1) is 23.6 Å². The molecule has 0 aliphatic carbocycles. The minimum Gasteiger partial charge on any atom is -0.311 e. The number of pyridine rings is 1. The van der Waals surface area contributed by atoms with Gasteiger partial charge in [0.25, 0.3) is 0 Å². The Labute approximate surface area is 131 Å². The first-order chi connectivity index (χ1) is 10.5. The Bertz CT molecular complexity index is 647. The summed E-state index contributed by atoms with van der Waals surface area (Å²) in [5.41, 5.74) is 0.792. The highest BCUT2D eigenvalue weighted by Crippen LogP contribution is 2.35. The van der Waals surface area contributed by atoms with Gasteiger partial charge in [-0.25, -0.2) is 12.7 Å². The van der Waals surface area contributed by atoms with E-state index in [-0.39, 0.29) is 23.5 Å². The summed E-state index contributed by atoms with van der Waals surface area (Å²) in [7, 11) is -3.22. The van der Waals surface area contributed by atoms with Gasteiger partial charge in [-0.1, -0.05) is 6.92 Å². The van der Waals surface area contributed by atoms with Crippen LogP contribution in [0.25, 0.3) is 0 Å². The molecule has 2 unspecified atom stereocenters. The lowest BCUT2D eigenvalue weighted by Crippen LogP contribution is -2.45. The molecule has 7 heteroatoms. The van der Waals surface area contributed by atoms with E-state index in [0.29, 0.717) is 26.1 Å². The maximum Gasteiger partial charge on any atom is 0.231 e. The van der Waals surface area contributed by atoms with Gasteiger partial charge in [0.15, 0.2) is 0 Å². The highest BCUT2D eigenvalue weighted by Gasteiger charge is 2.46. The molecule has 3 heterocycles. The van der Waals surface area contributed by atoms with E-state index in [1.165, 1.54) is 4.31 Å². The SMILES string of the molecule is CCCS(=O)(=O)N1CC2CCN(c3cccnc3)C(=O)C2C1. The van der Waals surface area contributed by atoms with Crippen molar-refractivity contribution in [3.8, 4) is 0 Å². The van der Waals surface area contributed by atoms with Crippen LogP contribution < -0.4 is 4.90 Å². The zero-order valence-corrected chi connectivity index (χ0v) is 13.5. The number of carbonyl (C=O) groups excluding carboxylic acids is 1. The first-order valence-corrected chi connectivity index (χ1v) is 9.33. The van der Waals surface area contributed by atoms with Crippen LogP contribution in [0.3, 0.4) is 0 Å². The molecule has 2 aliphatic rings. The molecule has 1 amide bonds. The lowest BCUT2D eigenvalue weighted by atomic mass is 9.88. The summed E-state index contributed by atoms with van der Waals surface area (Å²) in [6, 6.07) is 3.67. The van der Waals surface area contributed by atoms with E-state index in [2.05, 4.69) is 4.98 Å². The van der Waals surface area contributed by atoms with E-state index < -0.39 is 10.0 Å². The third kappa shape index (κ3) is 2.75. The molecule has 1 aromatic heterocycles. The van der Waals surface area contributed by atoms with Gasteiger partial charge in [-0.2, -0.15) is 0 Å². The van der Waals surface area contributed by atoms with E-state index in [1.54, 1.807) is 23.4 Å². The molecule has 1 aromatic rings. The standard InChI is InChI=1S/C15H21N3O3S/c1-2-8-22(20,21)17-10-12-5-7-18(15(19)14(12)11-17)13-4-3-6-16-9-13/h3-4,6,9,12,14H,2,5,7-8,10-11H2,1H3. The van der Waals surface area contributed by atoms with Crippen molar-refractivity contribution in [1.82, 2.24) is 9.29 Å². The average molecular weight is 323 g/mol. The van der Waals surface area contributed by atoms with Crippen molar-refractivity contribution < 1.29 is 13.2 Å². The summed E-state index contributed by atoms with van der Waals surface area (Å²) in [6.45, 7) is 3.30. The van der Waals surface area contributed by atoms with Crippen molar-refractivity contribution in [3.05, 3.63) is 24.5 Å². The van der Waals surface area contributed by atoms with Crippen LogP contribution in [-0.4, -0.2) is 49.0 Å². The Balaban J connectivity index is 1.77. The number of hydrogen-bond acceptors (Lipinski definition) is 4. The predicted octanol–water partition coefficient (Wildman–Crippen LogP) is 1.11. The zero-order chi connectivity index (χ0) is 15.7. The van der Waals surface area contributed by atoms with E-state index in [0.717, 1.165) is 12.1 Å². The van der Waals surface area contributed by atoms with Gasteiger partial charge in [-0.05, 0) is 30.9 Å². The van der Waals surface area contributed by atoms with Crippen LogP contribution in [0.2, 0.25) is 0 Å². The number of amides is 1. The minimum absolute atomic E-state index is 0.0263. The second-order valence-corrected chi connectivity index (χ2v) is 8.08. The second-order valence-electron chi connectivity index (χ2n) is 5.99. The van der Waals surface area contributed by atoms with Crippen molar-refractivity contribution in [2.75, 3.05) is 30.3 Å². The lowest BCUT2D eigenvalue weighted by molar-refractivity contribution is -0.124. The number of sulfonamides is 1. The topological polar surface area (TPSA) is 70.6 Å². The Kier molecular flexibility index (Phi) is 4.18. The molecule has 0 aromatic carbocycles. The summed E-state index contributed by atoms with van der Waals surface area (Å²) in [5, 5.41) is 0. The molecule has 2 saturated heterocycles. The van der Waals surface area contributed by atoms with Gasteiger partial charge in [-0.15, -0.1) is 0 Å². The molecule has 22 heavy (non-hydrogen) atoms. The third-order valence-corrected chi connectivity index (χ3v) is 6.54. The molecule has 2 atom stereocenters. The molecular formula is C15H21N3O3S. The van der Waals surface area contributed by atoms with Crippen LogP contribution in [0, 0.1) is 11.8 Å². The van der Waals surface area contributed by atoms with Gasteiger partial charge in [0, 0.05) is 25.8 Å². The van der Waals surface area contributed by atoms with Crippen LogP contribution >= 0.6 is 0 Å². The van der Waals surface area contributed by atoms with Crippen LogP contribution in [0.4, 0.5) is 5.69 Å². The fraction of sp³-hybridized carbons (Fsp3) is 0.600. The molecule has 2 fully saturated rings. The number of fused-ring (bicyclic) bond motifs is 1. The van der Waals surface area contributed by atoms with Crippen LogP contribution in [-0.2, 0) is 14.8 Å². The van der Waals surface area contributed by atoms with Crippen LogP contribution in [0.15, 0.2) is 24.5 Å². The van der Waals surface area contributed by atoms with Gasteiger partial charge in [-0.3, -0.25) is 9.78 Å². The van der Waals surface area contributed by atoms with Crippen LogP contribution in [0.1, 0.15) is 19.8 Å². The van der Waals surface area contributed by atoms with E-state index in [1.807, 2.05) is 13.0 Å². The van der Waals surface area contributed by atoms with Crippen LogP contribution in [0.5, 0.6) is 0 Å². The van der Waals surface area contributed by atoms with Crippen molar-refractivity contribution >= 4 is 21.6 Å². The molecule has 6 nitrogen and oxygen atoms in total. The van der Waals surface area contributed by atoms with Gasteiger partial charge >= 0.3 is 0 Å². The molecule has 0 bridgehead atoms. The minimum atomic E-state index is -3.22. The molecular weight excluding hydrogens is 302 g/mol. The number of piperidine rings is 1. The second kappa shape index (κ2) is 5.96. The first-order valence-electron chi connectivity index (χ1n) is 7.72. The molecule has 120 valence electrons. The van der Waals surface area contributed by atoms with Crippen molar-refractivity contribution in [3.63, 3.8) is 0 Å². The lowest BCUT2D eigenvalue weighted by Gasteiger charge is -2.33. The third-order valence-electron chi connectivity index (χ3n) is 4.53. The number of anilines is 1. The Morgan fingerprint density at radius 1 is 1.36 bits per heavy atom. The molecule has 2 aliphatic heterocycles. The summed E-state index contributed by atoms with van der Waals surface area (Å²) in [5.74, 6) is 0.110. The number of nitrogens with zero attached hydrogens (tertiary/aromatic N) is 3. The maximum absolute atomic E-state index is 12.7. The number of aromatic nitrogens is 1. The number of carbonyl (C=O) groups is 1. The Morgan fingerprint density at radius 3 is 2.86 bits per heavy atom. The smallest absolute Gasteiger partial charge is 0.231 e. The normalized spacial score (nSPS) is 26.2. The molecule has 0 radical (unpaired) electrons. The number of rotatable bonds is 4. The first kappa shape index (κ1) is 15.4. The number of hydrogen-bond donors (Lipinski definition) is 0. The van der Waals surface area contributed by atoms with E-state index >= 15 is 0 Å². The predicted molar refractivity (Wildman–Crippen MR) is 83.8 cm³/mol. The fourth-order valence-electron chi connectivity index (χ4n) is 3.39. The average Bonchev–Trinajstić information content (AvgIpc) is 2.94. The highest BCUT2D eigenvalue weighted by atomic mass is 32.2. The van der Waals surface area contributed by atoms with Gasteiger partial charge < -0.3 is 4.90 Å². The summed E-state index contributed by atoms with van der Waals surface area (Å²) in [6.07, 6.45) is 4.79. The summed E-state index contributed by atoms with van der Waals surface area (Å²) in [4.78, 5) is 18.5. The van der Waals surface area contributed by atoms with Crippen molar-refractivity contribution in [1.29, 1.82) is 0 Å². The molecule has 0 saturated carbocycles. The maximum atomic E-state index is 12.7. The molecule has 0 spiro atoms. The largest absolute Gasteiger partial charge is 0.311 e. The van der Waals surface area contributed by atoms with Crippen molar-refractivity contribution in [2.45, 2.75) is 19.8 Å². The quantitative estimate of drug-likeness (QED) is 0.832. The van der Waals surface area contributed by atoms with Gasteiger partial charge in [0.1, 0.15) is 0 Å². The summed E-state index contributed by atoms with van der Waals surface area (Å²) >= 11 is 0. The monoisotopic (exact) mass is 323 g/mol. The van der Waals surface area contributed by atoms with E-state index in [9.17, 15) is 13.2 Å². The zero-order valence-electron chi connectivity index (χ0n) is 12.7. The van der Waals surface area contributed by atoms with Gasteiger partial charge in [0.2, 0.25) is 15.9 Å². The molecule has 0 N–H and O–H groups in total. The van der Waals surface area contributed by atoms with Crippen molar-refractivity contribution in [2.24, 2.45) is 11.8 Å². The fourth-order valence-corrected chi connectivity index (χ4v) is 4.97.